The quantitative estimate of drug-likeness (QED) is 0.707. The van der Waals surface area contributed by atoms with E-state index in [0.29, 0.717) is 0 Å². The molecule has 0 saturated heterocycles. The standard InChI is InChI=1S/C11H20N2O3/c1-8(2)10(5-12)11(15)13(3)6-9(14)7-16-4/h8-10,14H,6-7H2,1-4H3. The number of hydrogen-bond donors (Lipinski definition) is 1. The highest BCUT2D eigenvalue weighted by Gasteiger charge is 2.25. The molecule has 0 aliphatic heterocycles. The second kappa shape index (κ2) is 7.20. The molecule has 16 heavy (non-hydrogen) atoms. The van der Waals surface area contributed by atoms with E-state index in [2.05, 4.69) is 0 Å². The van der Waals surface area contributed by atoms with Gasteiger partial charge < -0.3 is 14.7 Å². The van der Waals surface area contributed by atoms with E-state index in [0.717, 1.165) is 0 Å². The molecule has 0 aromatic heterocycles. The lowest BCUT2D eigenvalue weighted by Gasteiger charge is -2.24. The molecule has 1 N–H and O–H groups in total. The van der Waals surface area contributed by atoms with Crippen molar-refractivity contribution in [3.63, 3.8) is 0 Å². The highest BCUT2D eigenvalue weighted by molar-refractivity contribution is 5.81. The van der Waals surface area contributed by atoms with Gasteiger partial charge in [0.15, 0.2) is 0 Å². The lowest BCUT2D eigenvalue weighted by molar-refractivity contribution is -0.135. The van der Waals surface area contributed by atoms with Gasteiger partial charge in [-0.25, -0.2) is 0 Å². The molecule has 2 atom stereocenters. The average Bonchev–Trinajstić information content (AvgIpc) is 2.18. The molecule has 0 rings (SSSR count). The summed E-state index contributed by atoms with van der Waals surface area (Å²) < 4.78 is 4.77. The number of nitrogens with zero attached hydrogens (tertiary/aromatic N) is 2. The van der Waals surface area contributed by atoms with Gasteiger partial charge >= 0.3 is 0 Å². The maximum atomic E-state index is 11.8. The van der Waals surface area contributed by atoms with E-state index in [-0.39, 0.29) is 25.0 Å². The van der Waals surface area contributed by atoms with E-state index in [1.54, 1.807) is 7.05 Å². The van der Waals surface area contributed by atoms with Crippen LogP contribution in [0.25, 0.3) is 0 Å². The van der Waals surface area contributed by atoms with Gasteiger partial charge in [0.2, 0.25) is 5.91 Å². The minimum atomic E-state index is -0.717. The number of amides is 1. The topological polar surface area (TPSA) is 73.6 Å². The molecule has 0 aromatic rings. The van der Waals surface area contributed by atoms with Crippen LogP contribution in [-0.4, -0.2) is 49.3 Å². The molecule has 0 saturated carbocycles. The zero-order valence-electron chi connectivity index (χ0n) is 10.3. The molecule has 0 spiro atoms. The van der Waals surface area contributed by atoms with Crippen LogP contribution in [-0.2, 0) is 9.53 Å². The van der Waals surface area contributed by atoms with Crippen molar-refractivity contribution in [2.45, 2.75) is 20.0 Å². The van der Waals surface area contributed by atoms with E-state index in [1.165, 1.54) is 12.0 Å². The van der Waals surface area contributed by atoms with Crippen LogP contribution in [0.4, 0.5) is 0 Å². The zero-order chi connectivity index (χ0) is 12.7. The lowest BCUT2D eigenvalue weighted by atomic mass is 9.96. The molecule has 0 aromatic carbocycles. The maximum Gasteiger partial charge on any atom is 0.240 e. The first-order valence-electron chi connectivity index (χ1n) is 5.25. The monoisotopic (exact) mass is 228 g/mol. The van der Waals surface area contributed by atoms with Gasteiger partial charge in [-0.3, -0.25) is 4.79 Å². The number of methoxy groups -OCH3 is 1. The predicted octanol–water partition coefficient (Wildman–Crippen LogP) is 0.248. The van der Waals surface area contributed by atoms with Gasteiger partial charge in [-0.15, -0.1) is 0 Å². The normalized spacial score (nSPS) is 14.3. The summed E-state index contributed by atoms with van der Waals surface area (Å²) in [5, 5.41) is 18.3. The van der Waals surface area contributed by atoms with Crippen molar-refractivity contribution in [3.05, 3.63) is 0 Å². The van der Waals surface area contributed by atoms with Crippen molar-refractivity contribution in [2.24, 2.45) is 11.8 Å². The Bertz CT molecular complexity index is 260. The largest absolute Gasteiger partial charge is 0.389 e. The molecule has 5 nitrogen and oxygen atoms in total. The van der Waals surface area contributed by atoms with Gasteiger partial charge in [-0.1, -0.05) is 13.8 Å². The van der Waals surface area contributed by atoms with Gasteiger partial charge in [0.25, 0.3) is 0 Å². The van der Waals surface area contributed by atoms with Crippen LogP contribution in [0.2, 0.25) is 0 Å². The summed E-state index contributed by atoms with van der Waals surface area (Å²) in [5.74, 6) is -0.938. The number of carbonyl (C=O) groups is 1. The van der Waals surface area contributed by atoms with E-state index >= 15 is 0 Å². The SMILES string of the molecule is COCC(O)CN(C)C(=O)C(C#N)C(C)C. The number of aliphatic hydroxyl groups excluding tert-OH is 1. The predicted molar refractivity (Wildman–Crippen MR) is 59.5 cm³/mol. The summed E-state index contributed by atoms with van der Waals surface area (Å²) in [6, 6.07) is 1.98. The second-order valence-corrected chi connectivity index (χ2v) is 4.18. The fourth-order valence-electron chi connectivity index (χ4n) is 1.38. The minimum Gasteiger partial charge on any atom is -0.389 e. The minimum absolute atomic E-state index is 0.0282. The zero-order valence-corrected chi connectivity index (χ0v) is 10.3. The van der Waals surface area contributed by atoms with E-state index in [1.807, 2.05) is 19.9 Å². The third-order valence-electron chi connectivity index (χ3n) is 2.29. The Morgan fingerprint density at radius 3 is 2.50 bits per heavy atom. The number of rotatable bonds is 6. The van der Waals surface area contributed by atoms with E-state index in [9.17, 15) is 9.90 Å². The smallest absolute Gasteiger partial charge is 0.240 e. The first kappa shape index (κ1) is 14.9. The summed E-state index contributed by atoms with van der Waals surface area (Å²) in [6.45, 7) is 4.00. The van der Waals surface area contributed by atoms with E-state index < -0.39 is 12.0 Å². The number of hydrogen-bond acceptors (Lipinski definition) is 4. The van der Waals surface area contributed by atoms with Crippen LogP contribution < -0.4 is 0 Å². The van der Waals surface area contributed by atoms with Crippen LogP contribution in [0.15, 0.2) is 0 Å². The summed E-state index contributed by atoms with van der Waals surface area (Å²) >= 11 is 0. The third-order valence-corrected chi connectivity index (χ3v) is 2.29. The Kier molecular flexibility index (Phi) is 6.70. The molecule has 92 valence electrons. The molecular formula is C11H20N2O3. The molecule has 0 heterocycles. The van der Waals surface area contributed by atoms with Crippen molar-refractivity contribution in [1.82, 2.24) is 4.90 Å². The maximum absolute atomic E-state index is 11.8. The fraction of sp³-hybridized carbons (Fsp3) is 0.818. The van der Waals surface area contributed by atoms with Crippen LogP contribution in [0.1, 0.15) is 13.8 Å². The van der Waals surface area contributed by atoms with Gasteiger partial charge in [0.1, 0.15) is 5.92 Å². The number of likely N-dealkylation sites (N-methyl/N-ethyl adjacent to an activating group) is 1. The summed E-state index contributed by atoms with van der Waals surface area (Å²) in [7, 11) is 3.06. The highest BCUT2D eigenvalue weighted by atomic mass is 16.5. The number of nitriles is 1. The van der Waals surface area contributed by atoms with Gasteiger partial charge in [0.05, 0.1) is 18.8 Å². The van der Waals surface area contributed by atoms with Crippen molar-refractivity contribution < 1.29 is 14.6 Å². The lowest BCUT2D eigenvalue weighted by Crippen LogP contribution is -2.40. The Morgan fingerprint density at radius 1 is 1.56 bits per heavy atom. The van der Waals surface area contributed by atoms with Crippen molar-refractivity contribution in [2.75, 3.05) is 27.3 Å². The Morgan fingerprint density at radius 2 is 2.12 bits per heavy atom. The Balaban J connectivity index is 4.33. The van der Waals surface area contributed by atoms with Crippen molar-refractivity contribution in [1.29, 1.82) is 5.26 Å². The molecule has 0 radical (unpaired) electrons. The van der Waals surface area contributed by atoms with Crippen LogP contribution in [0, 0.1) is 23.2 Å². The fourth-order valence-corrected chi connectivity index (χ4v) is 1.38. The molecule has 5 heteroatoms. The summed E-state index contributed by atoms with van der Waals surface area (Å²) in [5.41, 5.74) is 0. The van der Waals surface area contributed by atoms with Gasteiger partial charge in [-0.2, -0.15) is 5.26 Å². The van der Waals surface area contributed by atoms with Crippen LogP contribution in [0.5, 0.6) is 0 Å². The second-order valence-electron chi connectivity index (χ2n) is 4.18. The molecule has 0 aliphatic carbocycles. The average molecular weight is 228 g/mol. The summed E-state index contributed by atoms with van der Waals surface area (Å²) in [4.78, 5) is 13.2. The molecule has 0 bridgehead atoms. The van der Waals surface area contributed by atoms with Crippen molar-refractivity contribution in [3.8, 4) is 6.07 Å². The Labute approximate surface area is 96.6 Å². The Hall–Kier alpha value is -1.12. The number of aliphatic hydroxyl groups is 1. The molecule has 0 fully saturated rings. The van der Waals surface area contributed by atoms with Gasteiger partial charge in [-0.05, 0) is 5.92 Å². The molecule has 1 amide bonds. The van der Waals surface area contributed by atoms with E-state index in [4.69, 9.17) is 10.00 Å². The summed E-state index contributed by atoms with van der Waals surface area (Å²) in [6.07, 6.45) is -0.717. The van der Waals surface area contributed by atoms with Crippen LogP contribution in [0.3, 0.4) is 0 Å². The highest BCUT2D eigenvalue weighted by Crippen LogP contribution is 2.12. The van der Waals surface area contributed by atoms with Gasteiger partial charge in [0, 0.05) is 20.7 Å². The molecule has 0 aliphatic rings. The van der Waals surface area contributed by atoms with Crippen LogP contribution >= 0.6 is 0 Å². The molecule has 2 unspecified atom stereocenters. The number of ether oxygens (including phenoxy) is 1. The first-order chi connectivity index (χ1) is 7.43. The molecular weight excluding hydrogens is 208 g/mol. The first-order valence-corrected chi connectivity index (χ1v) is 5.25. The van der Waals surface area contributed by atoms with Crippen molar-refractivity contribution >= 4 is 5.91 Å². The third kappa shape index (κ3) is 4.60. The number of carbonyl (C=O) groups excluding carboxylic acids is 1.